The van der Waals surface area contributed by atoms with Crippen LogP contribution in [0.1, 0.15) is 37.2 Å². The summed E-state index contributed by atoms with van der Waals surface area (Å²) in [6.07, 6.45) is 2.11. The molecule has 0 radical (unpaired) electrons. The largest absolute Gasteiger partial charge is 0.318 e. The number of hydrazone groups is 1. The molecule has 0 saturated heterocycles. The van der Waals surface area contributed by atoms with Gasteiger partial charge in [0.1, 0.15) is 0 Å². The van der Waals surface area contributed by atoms with Crippen LogP contribution in [0.2, 0.25) is 10.0 Å². The van der Waals surface area contributed by atoms with Gasteiger partial charge in [-0.15, -0.1) is 0 Å². The number of benzene rings is 1. The number of hydrogen-bond donors (Lipinski definition) is 1. The van der Waals surface area contributed by atoms with Crippen LogP contribution in [0.3, 0.4) is 0 Å². The lowest BCUT2D eigenvalue weighted by atomic mass is 10.1. The minimum absolute atomic E-state index is 0.0864. The summed E-state index contributed by atoms with van der Waals surface area (Å²) in [5.74, 6) is 0.217. The molecule has 1 aromatic heterocycles. The quantitative estimate of drug-likeness (QED) is 0.594. The molecular weight excluding hydrogens is 345 g/mol. The zero-order valence-corrected chi connectivity index (χ0v) is 15.7. The Morgan fingerprint density at radius 2 is 1.83 bits per heavy atom. The van der Waals surface area contributed by atoms with Gasteiger partial charge in [0.15, 0.2) is 0 Å². The van der Waals surface area contributed by atoms with Crippen LogP contribution in [0.15, 0.2) is 29.4 Å². The van der Waals surface area contributed by atoms with Gasteiger partial charge in [0.2, 0.25) is 5.91 Å². The summed E-state index contributed by atoms with van der Waals surface area (Å²) in [7, 11) is 0. The topological polar surface area (TPSA) is 46.4 Å². The van der Waals surface area contributed by atoms with Crippen molar-refractivity contribution in [2.24, 2.45) is 11.0 Å². The Labute approximate surface area is 152 Å². The Bertz CT molecular complexity index is 759. The Morgan fingerprint density at radius 1 is 1.21 bits per heavy atom. The van der Waals surface area contributed by atoms with Gasteiger partial charge in [0.25, 0.3) is 0 Å². The van der Waals surface area contributed by atoms with Crippen LogP contribution in [-0.2, 0) is 4.79 Å². The fourth-order valence-corrected chi connectivity index (χ4v) is 3.09. The summed E-state index contributed by atoms with van der Waals surface area (Å²) < 4.78 is 2.05. The number of amides is 1. The Balaban J connectivity index is 2.24. The number of hydrogen-bond acceptors (Lipinski definition) is 2. The number of rotatable bonds is 5. The smallest absolute Gasteiger partial charge is 0.240 e. The van der Waals surface area contributed by atoms with Crippen molar-refractivity contribution >= 4 is 35.3 Å². The van der Waals surface area contributed by atoms with Crippen LogP contribution in [0.25, 0.3) is 5.69 Å². The molecule has 1 N–H and O–H groups in total. The Morgan fingerprint density at radius 3 is 2.42 bits per heavy atom. The van der Waals surface area contributed by atoms with Crippen molar-refractivity contribution in [1.29, 1.82) is 0 Å². The highest BCUT2D eigenvalue weighted by atomic mass is 35.5. The van der Waals surface area contributed by atoms with Crippen LogP contribution in [-0.4, -0.2) is 16.7 Å². The molecule has 4 nitrogen and oxygen atoms in total. The second-order valence-electron chi connectivity index (χ2n) is 6.18. The average molecular weight is 366 g/mol. The first kappa shape index (κ1) is 18.6. The minimum Gasteiger partial charge on any atom is -0.318 e. The zero-order valence-electron chi connectivity index (χ0n) is 14.2. The SMILES string of the molecule is Cc1cc(/C=N\NC(=O)CC(C)C)c(C)n1-c1cc(Cl)cc(Cl)c1. The molecule has 0 atom stereocenters. The van der Waals surface area contributed by atoms with Crippen LogP contribution < -0.4 is 5.43 Å². The summed E-state index contributed by atoms with van der Waals surface area (Å²) in [6, 6.07) is 7.42. The molecule has 0 aliphatic carbocycles. The summed E-state index contributed by atoms with van der Waals surface area (Å²) in [4.78, 5) is 11.6. The van der Waals surface area contributed by atoms with Gasteiger partial charge in [-0.05, 0) is 44.0 Å². The van der Waals surface area contributed by atoms with Gasteiger partial charge in [-0.3, -0.25) is 4.79 Å². The minimum atomic E-state index is -0.0864. The molecule has 24 heavy (non-hydrogen) atoms. The molecule has 0 bridgehead atoms. The predicted octanol–water partition coefficient (Wildman–Crippen LogP) is 4.90. The number of carbonyl (C=O) groups excluding carboxylic acids is 1. The molecule has 0 unspecified atom stereocenters. The third-order valence-electron chi connectivity index (χ3n) is 3.56. The molecule has 2 rings (SSSR count). The van der Waals surface area contributed by atoms with E-state index >= 15 is 0 Å². The maximum absolute atomic E-state index is 11.6. The van der Waals surface area contributed by atoms with Crippen LogP contribution in [0.4, 0.5) is 0 Å². The standard InChI is InChI=1S/C18H21Cl2N3O/c1-11(2)5-18(24)22-21-10-14-6-12(3)23(13(14)4)17-8-15(19)7-16(20)9-17/h6-11H,5H2,1-4H3,(H,22,24)/b21-10-. The number of aromatic nitrogens is 1. The predicted molar refractivity (Wildman–Crippen MR) is 100 cm³/mol. The molecule has 0 aliphatic heterocycles. The second kappa shape index (κ2) is 7.86. The molecule has 0 spiro atoms. The third kappa shape index (κ3) is 4.62. The molecule has 1 aromatic carbocycles. The number of nitrogens with zero attached hydrogens (tertiary/aromatic N) is 2. The molecular formula is C18H21Cl2N3O. The van der Waals surface area contributed by atoms with Crippen LogP contribution in [0.5, 0.6) is 0 Å². The van der Waals surface area contributed by atoms with Gasteiger partial charge >= 0.3 is 0 Å². The van der Waals surface area contributed by atoms with Crippen molar-refractivity contribution in [1.82, 2.24) is 9.99 Å². The molecule has 0 fully saturated rings. The number of halogens is 2. The van der Waals surface area contributed by atoms with E-state index in [1.54, 1.807) is 12.3 Å². The first-order valence-electron chi connectivity index (χ1n) is 7.75. The summed E-state index contributed by atoms with van der Waals surface area (Å²) in [5, 5.41) is 5.22. The Hall–Kier alpha value is -1.78. The number of nitrogens with one attached hydrogen (secondary N) is 1. The second-order valence-corrected chi connectivity index (χ2v) is 7.05. The highest BCUT2D eigenvalue weighted by Crippen LogP contribution is 2.25. The fourth-order valence-electron chi connectivity index (χ4n) is 2.57. The first-order valence-corrected chi connectivity index (χ1v) is 8.51. The van der Waals surface area contributed by atoms with Gasteiger partial charge in [-0.2, -0.15) is 5.10 Å². The molecule has 0 aliphatic rings. The van der Waals surface area contributed by atoms with E-state index in [-0.39, 0.29) is 5.91 Å². The van der Waals surface area contributed by atoms with E-state index in [0.717, 1.165) is 22.6 Å². The monoisotopic (exact) mass is 365 g/mol. The van der Waals surface area contributed by atoms with Gasteiger partial charge in [-0.1, -0.05) is 37.0 Å². The van der Waals surface area contributed by atoms with Crippen LogP contribution in [0, 0.1) is 19.8 Å². The van der Waals surface area contributed by atoms with E-state index in [2.05, 4.69) is 15.1 Å². The lowest BCUT2D eigenvalue weighted by Gasteiger charge is -2.10. The van der Waals surface area contributed by atoms with Gasteiger partial charge in [0, 0.05) is 39.1 Å². The van der Waals surface area contributed by atoms with Crippen molar-refractivity contribution in [3.05, 3.63) is 51.3 Å². The fraction of sp³-hybridized carbons (Fsp3) is 0.333. The van der Waals surface area contributed by atoms with Crippen molar-refractivity contribution in [3.8, 4) is 5.69 Å². The highest BCUT2D eigenvalue weighted by molar-refractivity contribution is 6.34. The van der Waals surface area contributed by atoms with E-state index < -0.39 is 0 Å². The lowest BCUT2D eigenvalue weighted by molar-refractivity contribution is -0.121. The molecule has 0 saturated carbocycles. The van der Waals surface area contributed by atoms with Crippen molar-refractivity contribution < 1.29 is 4.79 Å². The summed E-state index contributed by atoms with van der Waals surface area (Å²) in [6.45, 7) is 7.97. The summed E-state index contributed by atoms with van der Waals surface area (Å²) in [5.41, 5.74) is 6.40. The zero-order chi connectivity index (χ0) is 17.9. The van der Waals surface area contributed by atoms with Crippen molar-refractivity contribution in [2.75, 3.05) is 0 Å². The highest BCUT2D eigenvalue weighted by Gasteiger charge is 2.11. The number of aryl methyl sites for hydroxylation is 1. The van der Waals surface area contributed by atoms with E-state index in [0.29, 0.717) is 22.4 Å². The van der Waals surface area contributed by atoms with E-state index in [1.165, 1.54) is 0 Å². The van der Waals surface area contributed by atoms with Crippen molar-refractivity contribution in [3.63, 3.8) is 0 Å². The lowest BCUT2D eigenvalue weighted by Crippen LogP contribution is -2.19. The third-order valence-corrected chi connectivity index (χ3v) is 4.00. The van der Waals surface area contributed by atoms with E-state index in [1.807, 2.05) is 45.9 Å². The maximum atomic E-state index is 11.6. The molecule has 2 aromatic rings. The first-order chi connectivity index (χ1) is 11.3. The molecule has 1 heterocycles. The van der Waals surface area contributed by atoms with Gasteiger partial charge in [-0.25, -0.2) is 5.43 Å². The normalized spacial score (nSPS) is 11.5. The molecule has 1 amide bonds. The van der Waals surface area contributed by atoms with E-state index in [4.69, 9.17) is 23.2 Å². The van der Waals surface area contributed by atoms with Gasteiger partial charge in [0.05, 0.1) is 6.21 Å². The van der Waals surface area contributed by atoms with Crippen molar-refractivity contribution in [2.45, 2.75) is 34.1 Å². The number of carbonyl (C=O) groups is 1. The van der Waals surface area contributed by atoms with Gasteiger partial charge < -0.3 is 4.57 Å². The maximum Gasteiger partial charge on any atom is 0.240 e. The van der Waals surface area contributed by atoms with E-state index in [9.17, 15) is 4.79 Å². The summed E-state index contributed by atoms with van der Waals surface area (Å²) >= 11 is 12.2. The Kier molecular flexibility index (Phi) is 6.08. The van der Waals surface area contributed by atoms with Crippen LogP contribution >= 0.6 is 23.2 Å². The molecule has 6 heteroatoms. The average Bonchev–Trinajstić information content (AvgIpc) is 2.71. The molecule has 128 valence electrons.